The smallest absolute Gasteiger partial charge is 0.435 e. The SMILES string of the molecule is C[C@@H]1CCC[N+]1(C(=O)O)C(NC(=O)[C@@H](N)CC(N)=O)C(O)CCc1ccccc1. The van der Waals surface area contributed by atoms with E-state index in [4.69, 9.17) is 11.5 Å². The number of amides is 3. The first-order valence-electron chi connectivity index (χ1n) is 9.85. The van der Waals surface area contributed by atoms with Crippen LogP contribution in [0.4, 0.5) is 4.79 Å². The Labute approximate surface area is 170 Å². The Morgan fingerprint density at radius 2 is 1.93 bits per heavy atom. The highest BCUT2D eigenvalue weighted by Crippen LogP contribution is 2.32. The molecule has 0 spiro atoms. The predicted molar refractivity (Wildman–Crippen MR) is 106 cm³/mol. The van der Waals surface area contributed by atoms with E-state index >= 15 is 0 Å². The molecule has 1 aliphatic heterocycles. The number of likely N-dealkylation sites (tertiary alicyclic amines) is 1. The average Bonchev–Trinajstić information content (AvgIpc) is 3.06. The number of carboxylic acid groups (broad SMARTS) is 1. The van der Waals surface area contributed by atoms with Gasteiger partial charge in [-0.05, 0) is 25.3 Å². The van der Waals surface area contributed by atoms with Gasteiger partial charge in [0.2, 0.25) is 18.0 Å². The van der Waals surface area contributed by atoms with E-state index in [-0.39, 0.29) is 25.4 Å². The molecule has 0 radical (unpaired) electrons. The van der Waals surface area contributed by atoms with Crippen molar-refractivity contribution in [3.05, 3.63) is 35.9 Å². The molecule has 9 nitrogen and oxygen atoms in total. The molecule has 0 saturated carbocycles. The van der Waals surface area contributed by atoms with Crippen molar-refractivity contribution in [1.29, 1.82) is 0 Å². The Bertz CT molecular complexity index is 729. The lowest BCUT2D eigenvalue weighted by Crippen LogP contribution is -2.71. The van der Waals surface area contributed by atoms with Crippen LogP contribution in [0.1, 0.15) is 38.2 Å². The molecule has 7 N–H and O–H groups in total. The Morgan fingerprint density at radius 3 is 2.45 bits per heavy atom. The number of primary amides is 1. The van der Waals surface area contributed by atoms with Crippen LogP contribution in [0.5, 0.6) is 0 Å². The normalized spacial score (nSPS) is 24.4. The van der Waals surface area contributed by atoms with Crippen molar-refractivity contribution in [2.75, 3.05) is 6.54 Å². The molecule has 0 aromatic heterocycles. The van der Waals surface area contributed by atoms with Crippen LogP contribution >= 0.6 is 0 Å². The van der Waals surface area contributed by atoms with Crippen molar-refractivity contribution in [2.45, 2.75) is 63.4 Å². The number of aliphatic hydroxyl groups excluding tert-OH is 1. The van der Waals surface area contributed by atoms with Crippen molar-refractivity contribution in [3.8, 4) is 0 Å². The van der Waals surface area contributed by atoms with E-state index in [9.17, 15) is 24.6 Å². The van der Waals surface area contributed by atoms with Crippen LogP contribution in [0.3, 0.4) is 0 Å². The lowest BCUT2D eigenvalue weighted by molar-refractivity contribution is -0.898. The summed E-state index contributed by atoms with van der Waals surface area (Å²) in [6, 6.07) is 8.00. The maximum Gasteiger partial charge on any atom is 0.515 e. The lowest BCUT2D eigenvalue weighted by Gasteiger charge is -2.42. The van der Waals surface area contributed by atoms with E-state index in [0.717, 1.165) is 5.56 Å². The third-order valence-corrected chi connectivity index (χ3v) is 5.77. The maximum atomic E-state index is 12.5. The summed E-state index contributed by atoms with van der Waals surface area (Å²) in [6.07, 6.45) is -1.55. The van der Waals surface area contributed by atoms with Gasteiger partial charge in [0.1, 0.15) is 6.10 Å². The molecule has 3 amide bonds. The van der Waals surface area contributed by atoms with Crippen molar-refractivity contribution >= 4 is 17.9 Å². The maximum absolute atomic E-state index is 12.5. The molecule has 0 bridgehead atoms. The molecule has 1 fully saturated rings. The van der Waals surface area contributed by atoms with E-state index in [0.29, 0.717) is 19.3 Å². The molecular weight excluding hydrogens is 376 g/mol. The molecule has 160 valence electrons. The largest absolute Gasteiger partial charge is 0.515 e. The van der Waals surface area contributed by atoms with Crippen LogP contribution in [0.25, 0.3) is 0 Å². The molecular formula is C20H31N4O5+. The van der Waals surface area contributed by atoms with Gasteiger partial charge < -0.3 is 27.0 Å². The molecule has 1 heterocycles. The monoisotopic (exact) mass is 407 g/mol. The summed E-state index contributed by atoms with van der Waals surface area (Å²) in [7, 11) is 0. The van der Waals surface area contributed by atoms with Gasteiger partial charge in [0.25, 0.3) is 0 Å². The van der Waals surface area contributed by atoms with Crippen LogP contribution < -0.4 is 16.8 Å². The fourth-order valence-electron chi connectivity index (χ4n) is 4.11. The number of hydrogen-bond acceptors (Lipinski definition) is 5. The van der Waals surface area contributed by atoms with Gasteiger partial charge in [-0.1, -0.05) is 30.3 Å². The van der Waals surface area contributed by atoms with Crippen molar-refractivity contribution in [2.24, 2.45) is 11.5 Å². The van der Waals surface area contributed by atoms with Gasteiger partial charge in [0.05, 0.1) is 25.0 Å². The molecule has 2 rings (SSSR count). The molecule has 9 heteroatoms. The Morgan fingerprint density at radius 1 is 1.28 bits per heavy atom. The summed E-state index contributed by atoms with van der Waals surface area (Å²) in [4.78, 5) is 35.9. The minimum atomic E-state index is -1.21. The van der Waals surface area contributed by atoms with Crippen LogP contribution in [0.15, 0.2) is 30.3 Å². The number of nitrogens with one attached hydrogen (secondary N) is 1. The second-order valence-corrected chi connectivity index (χ2v) is 7.75. The van der Waals surface area contributed by atoms with Gasteiger partial charge in [-0.15, -0.1) is 0 Å². The van der Waals surface area contributed by atoms with Gasteiger partial charge >= 0.3 is 6.09 Å². The molecule has 5 atom stereocenters. The topological polar surface area (TPSA) is 156 Å². The number of carbonyl (C=O) groups is 3. The first-order valence-corrected chi connectivity index (χ1v) is 9.85. The quantitative estimate of drug-likeness (QED) is 0.371. The third kappa shape index (κ3) is 5.31. The fraction of sp³-hybridized carbons (Fsp3) is 0.550. The zero-order valence-electron chi connectivity index (χ0n) is 16.7. The van der Waals surface area contributed by atoms with E-state index in [1.165, 1.54) is 0 Å². The third-order valence-electron chi connectivity index (χ3n) is 5.77. The Hall–Kier alpha value is -2.49. The molecule has 0 aliphatic carbocycles. The zero-order chi connectivity index (χ0) is 21.6. The minimum absolute atomic E-state index is 0.264. The lowest BCUT2D eigenvalue weighted by atomic mass is 10.0. The Balaban J connectivity index is 2.25. The van der Waals surface area contributed by atoms with Crippen molar-refractivity contribution in [3.63, 3.8) is 0 Å². The number of nitrogens with two attached hydrogens (primary N) is 2. The summed E-state index contributed by atoms with van der Waals surface area (Å²) in [5.41, 5.74) is 11.8. The fourth-order valence-corrected chi connectivity index (χ4v) is 4.11. The van der Waals surface area contributed by atoms with E-state index in [2.05, 4.69) is 5.32 Å². The van der Waals surface area contributed by atoms with Crippen LogP contribution in [-0.4, -0.2) is 63.5 Å². The molecule has 1 aromatic carbocycles. The second-order valence-electron chi connectivity index (χ2n) is 7.75. The highest BCUT2D eigenvalue weighted by Gasteiger charge is 2.55. The second kappa shape index (κ2) is 9.82. The zero-order valence-corrected chi connectivity index (χ0v) is 16.7. The predicted octanol–water partition coefficient (Wildman–Crippen LogP) is 0.302. The standard InChI is InChI=1S/C20H30N4O5/c1-13-6-5-11-24(13,20(28)29)18(23-19(27)15(21)12-17(22)26)16(25)10-9-14-7-3-2-4-8-14/h2-4,7-8,13,15-16,18,25H,5-6,9-12,21H2,1H3,(H3-,22,23,26,27,28,29)/p+1/t13-,15+,16?,18?,24?/m1/s1. The first kappa shape index (κ1) is 22.8. The number of nitrogens with zero attached hydrogens (tertiary/aromatic N) is 1. The number of benzene rings is 1. The number of rotatable bonds is 9. The van der Waals surface area contributed by atoms with Gasteiger partial charge in [-0.3, -0.25) is 9.59 Å². The number of hydrogen-bond donors (Lipinski definition) is 5. The number of aliphatic hydroxyl groups is 1. The summed E-state index contributed by atoms with van der Waals surface area (Å²) in [5, 5.41) is 23.6. The highest BCUT2D eigenvalue weighted by molar-refractivity contribution is 5.87. The van der Waals surface area contributed by atoms with E-state index < -0.39 is 40.7 Å². The van der Waals surface area contributed by atoms with E-state index in [1.807, 2.05) is 30.3 Å². The van der Waals surface area contributed by atoms with Gasteiger partial charge in [-0.2, -0.15) is 9.28 Å². The molecule has 1 saturated heterocycles. The van der Waals surface area contributed by atoms with Crippen molar-refractivity contribution < 1.29 is 29.1 Å². The van der Waals surface area contributed by atoms with Crippen LogP contribution in [0, 0.1) is 0 Å². The molecule has 1 aromatic rings. The van der Waals surface area contributed by atoms with Gasteiger partial charge in [0.15, 0.2) is 0 Å². The first-order chi connectivity index (χ1) is 13.7. The number of quaternary nitrogens is 1. The molecule has 29 heavy (non-hydrogen) atoms. The Kier molecular flexibility index (Phi) is 7.72. The minimum Gasteiger partial charge on any atom is -0.435 e. The highest BCUT2D eigenvalue weighted by atomic mass is 16.4. The average molecular weight is 407 g/mol. The van der Waals surface area contributed by atoms with Crippen LogP contribution in [-0.2, 0) is 16.0 Å². The summed E-state index contributed by atoms with van der Waals surface area (Å²) < 4.78 is -0.467. The summed E-state index contributed by atoms with van der Waals surface area (Å²) in [6.45, 7) is 2.09. The number of carbonyl (C=O) groups excluding carboxylic acids is 2. The molecule has 1 aliphatic rings. The molecule has 3 unspecified atom stereocenters. The van der Waals surface area contributed by atoms with Crippen molar-refractivity contribution in [1.82, 2.24) is 5.32 Å². The summed E-state index contributed by atoms with van der Waals surface area (Å²) >= 11 is 0. The van der Waals surface area contributed by atoms with E-state index in [1.54, 1.807) is 6.92 Å². The van der Waals surface area contributed by atoms with Gasteiger partial charge in [-0.25, -0.2) is 0 Å². The number of aryl methyl sites for hydroxylation is 1. The van der Waals surface area contributed by atoms with Crippen LogP contribution in [0.2, 0.25) is 0 Å². The van der Waals surface area contributed by atoms with Gasteiger partial charge in [0, 0.05) is 12.8 Å². The summed E-state index contributed by atoms with van der Waals surface area (Å²) in [5.74, 6) is -1.43.